The Morgan fingerprint density at radius 3 is 2.54 bits per heavy atom. The first-order chi connectivity index (χ1) is 13.6. The Labute approximate surface area is 158 Å². The summed E-state index contributed by atoms with van der Waals surface area (Å²) in [4.78, 5) is 35.2. The summed E-state index contributed by atoms with van der Waals surface area (Å²) in [6, 6.07) is 16.9. The lowest BCUT2D eigenvalue weighted by Gasteiger charge is -2.09. The van der Waals surface area contributed by atoms with Gasteiger partial charge in [-0.05, 0) is 36.4 Å². The second-order valence-electron chi connectivity index (χ2n) is 5.82. The summed E-state index contributed by atoms with van der Waals surface area (Å²) in [5, 5.41) is 11.9. The van der Waals surface area contributed by atoms with Gasteiger partial charge in [0.15, 0.2) is 0 Å². The maximum absolute atomic E-state index is 12.7. The number of carboxylic acids is 1. The second-order valence-corrected chi connectivity index (χ2v) is 5.82. The van der Waals surface area contributed by atoms with Gasteiger partial charge >= 0.3 is 5.97 Å². The summed E-state index contributed by atoms with van der Waals surface area (Å²) in [6.45, 7) is 0. The van der Waals surface area contributed by atoms with Crippen LogP contribution in [0.1, 0.15) is 20.7 Å². The molecule has 0 aliphatic heterocycles. The number of anilines is 1. The highest BCUT2D eigenvalue weighted by molar-refractivity contribution is 6.06. The highest BCUT2D eigenvalue weighted by Crippen LogP contribution is 2.24. The van der Waals surface area contributed by atoms with Crippen LogP contribution in [0.15, 0.2) is 66.9 Å². The second kappa shape index (κ2) is 7.20. The number of aromatic amines is 1. The molecule has 0 radical (unpaired) electrons. The summed E-state index contributed by atoms with van der Waals surface area (Å²) in [5.41, 5.74) is 1.02. The molecule has 1 amide bonds. The van der Waals surface area contributed by atoms with Gasteiger partial charge in [0.05, 0.1) is 11.1 Å². The molecule has 4 rings (SSSR count). The van der Waals surface area contributed by atoms with Crippen LogP contribution in [0.4, 0.5) is 5.95 Å². The van der Waals surface area contributed by atoms with Crippen molar-refractivity contribution in [2.75, 3.05) is 5.32 Å². The third kappa shape index (κ3) is 3.38. The maximum Gasteiger partial charge on any atom is 0.337 e. The fourth-order valence-corrected chi connectivity index (χ4v) is 2.68. The number of pyridine rings is 1. The van der Waals surface area contributed by atoms with Gasteiger partial charge < -0.3 is 14.8 Å². The molecule has 2 heterocycles. The fraction of sp³-hybridized carbons (Fsp3) is 0. The molecule has 8 heteroatoms. The van der Waals surface area contributed by atoms with Gasteiger partial charge in [0.1, 0.15) is 16.8 Å². The van der Waals surface area contributed by atoms with Crippen LogP contribution in [0, 0.1) is 0 Å². The lowest BCUT2D eigenvalue weighted by molar-refractivity contribution is 0.0698. The van der Waals surface area contributed by atoms with Crippen molar-refractivity contribution in [2.45, 2.75) is 0 Å². The molecular weight excluding hydrogens is 360 g/mol. The van der Waals surface area contributed by atoms with Gasteiger partial charge in [0.2, 0.25) is 11.8 Å². The molecule has 138 valence electrons. The number of imidazole rings is 1. The number of hydrogen-bond acceptors (Lipinski definition) is 5. The van der Waals surface area contributed by atoms with Crippen molar-refractivity contribution >= 4 is 28.9 Å². The van der Waals surface area contributed by atoms with E-state index in [9.17, 15) is 14.7 Å². The molecule has 0 saturated heterocycles. The number of carbonyl (C=O) groups is 2. The maximum atomic E-state index is 12.7. The minimum Gasteiger partial charge on any atom is -0.478 e. The van der Waals surface area contributed by atoms with Gasteiger partial charge in [-0.25, -0.2) is 14.8 Å². The van der Waals surface area contributed by atoms with E-state index in [-0.39, 0.29) is 28.5 Å². The van der Waals surface area contributed by atoms with E-state index < -0.39 is 11.9 Å². The first kappa shape index (κ1) is 17.2. The van der Waals surface area contributed by atoms with Crippen molar-refractivity contribution in [1.29, 1.82) is 0 Å². The Morgan fingerprint density at radius 2 is 1.75 bits per heavy atom. The number of carbonyl (C=O) groups excluding carboxylic acids is 1. The van der Waals surface area contributed by atoms with Crippen molar-refractivity contribution in [3.63, 3.8) is 0 Å². The summed E-state index contributed by atoms with van der Waals surface area (Å²) >= 11 is 0. The molecular formula is C20H14N4O4. The average Bonchev–Trinajstić information content (AvgIpc) is 3.11. The molecule has 0 atom stereocenters. The Hall–Kier alpha value is -4.20. The first-order valence-corrected chi connectivity index (χ1v) is 8.33. The molecule has 3 N–H and O–H groups in total. The molecule has 0 spiro atoms. The Kier molecular flexibility index (Phi) is 4.43. The van der Waals surface area contributed by atoms with Crippen molar-refractivity contribution < 1.29 is 19.4 Å². The van der Waals surface area contributed by atoms with Crippen LogP contribution < -0.4 is 10.1 Å². The zero-order chi connectivity index (χ0) is 19.5. The van der Waals surface area contributed by atoms with E-state index in [1.807, 2.05) is 18.2 Å². The number of rotatable bonds is 5. The van der Waals surface area contributed by atoms with Gasteiger partial charge in [-0.2, -0.15) is 0 Å². The number of nitrogens with one attached hydrogen (secondary N) is 2. The largest absolute Gasteiger partial charge is 0.478 e. The third-order valence-corrected chi connectivity index (χ3v) is 3.95. The van der Waals surface area contributed by atoms with E-state index in [1.165, 1.54) is 12.3 Å². The zero-order valence-electron chi connectivity index (χ0n) is 14.4. The predicted molar refractivity (Wildman–Crippen MR) is 102 cm³/mol. The number of carboxylic acid groups (broad SMARTS) is 1. The van der Waals surface area contributed by atoms with Crippen molar-refractivity contribution in [3.8, 4) is 11.6 Å². The van der Waals surface area contributed by atoms with Crippen molar-refractivity contribution in [2.24, 2.45) is 0 Å². The number of amides is 1. The van der Waals surface area contributed by atoms with Crippen molar-refractivity contribution in [1.82, 2.24) is 15.0 Å². The van der Waals surface area contributed by atoms with Crippen LogP contribution in [0.5, 0.6) is 11.6 Å². The molecule has 4 aromatic rings. The van der Waals surface area contributed by atoms with E-state index in [0.717, 1.165) is 0 Å². The normalized spacial score (nSPS) is 10.6. The molecule has 8 nitrogen and oxygen atoms in total. The zero-order valence-corrected chi connectivity index (χ0v) is 14.4. The number of ether oxygens (including phenoxy) is 1. The van der Waals surface area contributed by atoms with Crippen LogP contribution in [0.25, 0.3) is 11.0 Å². The molecule has 0 unspecified atom stereocenters. The standard InChI is InChI=1S/C20H14N4O4/c25-17(14-9-5-11-21-18(14)28-12-6-2-1-3-7-12)24-20-22-15-10-4-8-13(19(26)27)16(15)23-20/h1-11H,(H,26,27)(H2,22,23,24,25). The molecule has 2 aromatic heterocycles. The number of para-hydroxylation sites is 2. The Bertz CT molecular complexity index is 1170. The van der Waals surface area contributed by atoms with Crippen LogP contribution in [-0.4, -0.2) is 31.9 Å². The van der Waals surface area contributed by atoms with Crippen LogP contribution in [-0.2, 0) is 0 Å². The number of hydrogen-bond donors (Lipinski definition) is 3. The molecule has 0 aliphatic rings. The van der Waals surface area contributed by atoms with Crippen LogP contribution in [0.3, 0.4) is 0 Å². The molecule has 28 heavy (non-hydrogen) atoms. The SMILES string of the molecule is O=C(Nc1nc2c(C(=O)O)cccc2[nH]1)c1cccnc1Oc1ccccc1. The van der Waals surface area contributed by atoms with Crippen LogP contribution in [0.2, 0.25) is 0 Å². The lowest BCUT2D eigenvalue weighted by atomic mass is 10.2. The Balaban J connectivity index is 1.62. The summed E-state index contributed by atoms with van der Waals surface area (Å²) in [5.74, 6) is -0.766. The van der Waals surface area contributed by atoms with Gasteiger partial charge in [-0.3, -0.25) is 10.1 Å². The van der Waals surface area contributed by atoms with E-state index in [0.29, 0.717) is 11.3 Å². The molecule has 0 bridgehead atoms. The highest BCUT2D eigenvalue weighted by atomic mass is 16.5. The number of aromatic carboxylic acids is 1. The number of benzene rings is 2. The molecule has 0 saturated carbocycles. The smallest absolute Gasteiger partial charge is 0.337 e. The number of nitrogens with zero attached hydrogens (tertiary/aromatic N) is 2. The fourth-order valence-electron chi connectivity index (χ4n) is 2.68. The third-order valence-electron chi connectivity index (χ3n) is 3.95. The minimum absolute atomic E-state index is 0.0451. The average molecular weight is 374 g/mol. The quantitative estimate of drug-likeness (QED) is 0.490. The van der Waals surface area contributed by atoms with Gasteiger partial charge in [-0.1, -0.05) is 24.3 Å². The predicted octanol–water partition coefficient (Wildman–Crippen LogP) is 3.70. The van der Waals surface area contributed by atoms with E-state index >= 15 is 0 Å². The lowest BCUT2D eigenvalue weighted by Crippen LogP contribution is -2.14. The topological polar surface area (TPSA) is 117 Å². The van der Waals surface area contributed by atoms with E-state index in [2.05, 4.69) is 20.3 Å². The monoisotopic (exact) mass is 374 g/mol. The number of H-pyrrole nitrogens is 1. The van der Waals surface area contributed by atoms with E-state index in [4.69, 9.17) is 4.74 Å². The molecule has 0 aliphatic carbocycles. The summed E-state index contributed by atoms with van der Waals surface area (Å²) in [7, 11) is 0. The molecule has 2 aromatic carbocycles. The van der Waals surface area contributed by atoms with Gasteiger partial charge in [-0.15, -0.1) is 0 Å². The molecule has 0 fully saturated rings. The summed E-state index contributed by atoms with van der Waals surface area (Å²) in [6.07, 6.45) is 1.52. The Morgan fingerprint density at radius 1 is 0.964 bits per heavy atom. The first-order valence-electron chi connectivity index (χ1n) is 8.33. The van der Waals surface area contributed by atoms with Crippen molar-refractivity contribution in [3.05, 3.63) is 78.0 Å². The highest BCUT2D eigenvalue weighted by Gasteiger charge is 2.18. The van der Waals surface area contributed by atoms with E-state index in [1.54, 1.807) is 36.4 Å². The number of aromatic nitrogens is 3. The van der Waals surface area contributed by atoms with Gasteiger partial charge in [0, 0.05) is 6.20 Å². The number of fused-ring (bicyclic) bond motifs is 1. The van der Waals surface area contributed by atoms with Crippen LogP contribution >= 0.6 is 0 Å². The minimum atomic E-state index is -1.10. The summed E-state index contributed by atoms with van der Waals surface area (Å²) < 4.78 is 5.70. The van der Waals surface area contributed by atoms with Gasteiger partial charge in [0.25, 0.3) is 5.91 Å².